The molecule has 7 heteroatoms. The summed E-state index contributed by atoms with van der Waals surface area (Å²) in [4.78, 5) is 16.8. The van der Waals surface area contributed by atoms with Crippen molar-refractivity contribution < 1.29 is 19.7 Å². The Labute approximate surface area is 188 Å². The van der Waals surface area contributed by atoms with E-state index in [0.29, 0.717) is 17.9 Å². The molecule has 1 aromatic heterocycles. The van der Waals surface area contributed by atoms with Gasteiger partial charge in [-0.15, -0.1) is 11.3 Å². The second-order valence-electron chi connectivity index (χ2n) is 7.07. The fourth-order valence-electron chi connectivity index (χ4n) is 3.31. The molecule has 0 atom stereocenters. The van der Waals surface area contributed by atoms with Gasteiger partial charge in [-0.2, -0.15) is 5.26 Å². The summed E-state index contributed by atoms with van der Waals surface area (Å²) < 4.78 is 5.80. The van der Waals surface area contributed by atoms with E-state index < -0.39 is 5.97 Å². The number of thiazole rings is 1. The van der Waals surface area contributed by atoms with Crippen LogP contribution in [-0.4, -0.2) is 21.2 Å². The number of ether oxygens (including phenoxy) is 1. The van der Waals surface area contributed by atoms with Gasteiger partial charge in [0, 0.05) is 0 Å². The lowest BCUT2D eigenvalue weighted by Crippen LogP contribution is -1.96. The number of benzene rings is 3. The van der Waals surface area contributed by atoms with Gasteiger partial charge in [0.05, 0.1) is 22.2 Å². The van der Waals surface area contributed by atoms with Crippen LogP contribution in [0.3, 0.4) is 0 Å². The van der Waals surface area contributed by atoms with E-state index in [1.807, 2.05) is 31.2 Å². The van der Waals surface area contributed by atoms with Gasteiger partial charge >= 0.3 is 5.97 Å². The largest absolute Gasteiger partial charge is 0.507 e. The van der Waals surface area contributed by atoms with Gasteiger partial charge in [0.25, 0.3) is 0 Å². The molecule has 3 aromatic carbocycles. The average molecular weight is 442 g/mol. The van der Waals surface area contributed by atoms with Gasteiger partial charge in [0.1, 0.15) is 28.7 Å². The van der Waals surface area contributed by atoms with Crippen molar-refractivity contribution in [3.05, 3.63) is 88.6 Å². The molecule has 4 aromatic rings. The molecule has 0 radical (unpaired) electrons. The third kappa shape index (κ3) is 4.46. The Kier molecular flexibility index (Phi) is 5.88. The van der Waals surface area contributed by atoms with Crippen LogP contribution in [0.4, 0.5) is 0 Å². The standard InChI is InChI=1S/C25H18N2O4S/c1-15-24(32-23(27-15)14-31-20-7-2-4-16(10-20)13-26)19-6-3-5-17(11-19)18-8-9-21(25(29)30)22(28)12-18/h2-12,28H,14H2,1H3,(H,29,30). The Bertz CT molecular complexity index is 1350. The summed E-state index contributed by atoms with van der Waals surface area (Å²) in [6, 6.07) is 21.4. The zero-order chi connectivity index (χ0) is 22.7. The second kappa shape index (κ2) is 8.92. The zero-order valence-corrected chi connectivity index (χ0v) is 17.9. The highest BCUT2D eigenvalue weighted by Crippen LogP contribution is 2.34. The summed E-state index contributed by atoms with van der Waals surface area (Å²) in [6.45, 7) is 2.23. The van der Waals surface area contributed by atoms with E-state index in [1.165, 1.54) is 23.5 Å². The monoisotopic (exact) mass is 442 g/mol. The molecule has 4 rings (SSSR count). The molecule has 158 valence electrons. The number of phenols is 1. The lowest BCUT2D eigenvalue weighted by atomic mass is 10.0. The van der Waals surface area contributed by atoms with Crippen LogP contribution in [0.2, 0.25) is 0 Å². The molecule has 0 aliphatic carbocycles. The first-order valence-corrected chi connectivity index (χ1v) is 10.5. The maximum atomic E-state index is 11.1. The third-order valence-electron chi connectivity index (χ3n) is 4.85. The van der Waals surface area contributed by atoms with Crippen LogP contribution in [0.25, 0.3) is 21.6 Å². The number of nitriles is 1. The number of carboxylic acids is 1. The van der Waals surface area contributed by atoms with E-state index in [-0.39, 0.29) is 11.3 Å². The smallest absolute Gasteiger partial charge is 0.339 e. The van der Waals surface area contributed by atoms with Crippen molar-refractivity contribution in [2.45, 2.75) is 13.5 Å². The number of carboxylic acid groups (broad SMARTS) is 1. The Morgan fingerprint density at radius 1 is 1.06 bits per heavy atom. The molecule has 0 amide bonds. The van der Waals surface area contributed by atoms with Gasteiger partial charge in [-0.3, -0.25) is 0 Å². The highest BCUT2D eigenvalue weighted by molar-refractivity contribution is 7.15. The number of hydrogen-bond donors (Lipinski definition) is 2. The first-order valence-electron chi connectivity index (χ1n) is 9.71. The summed E-state index contributed by atoms with van der Waals surface area (Å²) in [6.07, 6.45) is 0. The second-order valence-corrected chi connectivity index (χ2v) is 8.15. The van der Waals surface area contributed by atoms with Crippen molar-refractivity contribution >= 4 is 17.3 Å². The van der Waals surface area contributed by atoms with Crippen LogP contribution < -0.4 is 4.74 Å². The first-order chi connectivity index (χ1) is 15.4. The normalized spacial score (nSPS) is 10.5. The molecule has 0 bridgehead atoms. The van der Waals surface area contributed by atoms with Crippen LogP contribution in [0.1, 0.15) is 26.6 Å². The lowest BCUT2D eigenvalue weighted by molar-refractivity contribution is 0.0694. The SMILES string of the molecule is Cc1nc(COc2cccc(C#N)c2)sc1-c1cccc(-c2ccc(C(=O)O)c(O)c2)c1. The fraction of sp³-hybridized carbons (Fsp3) is 0.0800. The van der Waals surface area contributed by atoms with E-state index >= 15 is 0 Å². The predicted molar refractivity (Wildman–Crippen MR) is 122 cm³/mol. The van der Waals surface area contributed by atoms with Crippen LogP contribution in [0, 0.1) is 18.3 Å². The summed E-state index contributed by atoms with van der Waals surface area (Å²) >= 11 is 1.53. The highest BCUT2D eigenvalue weighted by atomic mass is 32.1. The van der Waals surface area contributed by atoms with E-state index in [9.17, 15) is 9.90 Å². The van der Waals surface area contributed by atoms with Crippen LogP contribution in [0.5, 0.6) is 11.5 Å². The van der Waals surface area contributed by atoms with Crippen LogP contribution in [-0.2, 0) is 6.61 Å². The molecule has 0 fully saturated rings. The predicted octanol–water partition coefficient (Wildman–Crippen LogP) is 5.64. The molecule has 32 heavy (non-hydrogen) atoms. The minimum absolute atomic E-state index is 0.131. The Morgan fingerprint density at radius 2 is 1.81 bits per heavy atom. The Balaban J connectivity index is 1.57. The molecule has 1 heterocycles. The van der Waals surface area contributed by atoms with Crippen molar-refractivity contribution in [2.75, 3.05) is 0 Å². The molecule has 0 aliphatic heterocycles. The number of nitrogens with zero attached hydrogens (tertiary/aromatic N) is 2. The number of aromatic hydroxyl groups is 1. The minimum Gasteiger partial charge on any atom is -0.507 e. The molecule has 0 aliphatic rings. The van der Waals surface area contributed by atoms with Crippen molar-refractivity contribution in [3.63, 3.8) is 0 Å². The molecule has 0 unspecified atom stereocenters. The molecule has 6 nitrogen and oxygen atoms in total. The molecule has 0 saturated heterocycles. The molecule has 2 N–H and O–H groups in total. The molecule has 0 spiro atoms. The topological polar surface area (TPSA) is 103 Å². The van der Waals surface area contributed by atoms with E-state index in [2.05, 4.69) is 11.1 Å². The van der Waals surface area contributed by atoms with Gasteiger partial charge in [0.15, 0.2) is 0 Å². The number of aromatic nitrogens is 1. The summed E-state index contributed by atoms with van der Waals surface area (Å²) in [5.41, 5.74) is 3.83. The minimum atomic E-state index is -1.17. The number of carbonyl (C=O) groups is 1. The molecule has 0 saturated carbocycles. The van der Waals surface area contributed by atoms with Crippen molar-refractivity contribution in [3.8, 4) is 39.1 Å². The van der Waals surface area contributed by atoms with Crippen molar-refractivity contribution in [1.82, 2.24) is 4.98 Å². The van der Waals surface area contributed by atoms with Crippen molar-refractivity contribution in [1.29, 1.82) is 5.26 Å². The maximum Gasteiger partial charge on any atom is 0.339 e. The molecular weight excluding hydrogens is 424 g/mol. The number of aryl methyl sites for hydroxylation is 1. The number of hydrogen-bond acceptors (Lipinski definition) is 6. The van der Waals surface area contributed by atoms with Gasteiger partial charge in [-0.05, 0) is 60.0 Å². The van der Waals surface area contributed by atoms with Gasteiger partial charge in [-0.25, -0.2) is 9.78 Å². The number of rotatable bonds is 6. The highest BCUT2D eigenvalue weighted by Gasteiger charge is 2.13. The fourth-order valence-corrected chi connectivity index (χ4v) is 4.29. The average Bonchev–Trinajstić information content (AvgIpc) is 3.18. The van der Waals surface area contributed by atoms with Gasteiger partial charge in [0.2, 0.25) is 0 Å². The first kappa shape index (κ1) is 21.1. The quantitative estimate of drug-likeness (QED) is 0.400. The van der Waals surface area contributed by atoms with Gasteiger partial charge < -0.3 is 14.9 Å². The summed E-state index contributed by atoms with van der Waals surface area (Å²) in [5, 5.41) is 29.0. The van der Waals surface area contributed by atoms with E-state index in [4.69, 9.17) is 15.1 Å². The lowest BCUT2D eigenvalue weighted by Gasteiger charge is -2.07. The van der Waals surface area contributed by atoms with E-state index in [1.54, 1.807) is 30.3 Å². The zero-order valence-electron chi connectivity index (χ0n) is 17.1. The van der Waals surface area contributed by atoms with Crippen LogP contribution in [0.15, 0.2) is 66.7 Å². The summed E-state index contributed by atoms with van der Waals surface area (Å²) in [5.74, 6) is -0.823. The number of aromatic carboxylic acids is 1. The van der Waals surface area contributed by atoms with Gasteiger partial charge in [-0.1, -0.05) is 30.3 Å². The Morgan fingerprint density at radius 3 is 2.56 bits per heavy atom. The van der Waals surface area contributed by atoms with Crippen molar-refractivity contribution in [2.24, 2.45) is 0 Å². The van der Waals surface area contributed by atoms with E-state index in [0.717, 1.165) is 32.3 Å². The summed E-state index contributed by atoms with van der Waals surface area (Å²) in [7, 11) is 0. The third-order valence-corrected chi connectivity index (χ3v) is 6.03. The maximum absolute atomic E-state index is 11.1. The molecular formula is C25H18N2O4S. The van der Waals surface area contributed by atoms with Crippen LogP contribution >= 0.6 is 11.3 Å². The Hall–Kier alpha value is -4.15.